The topological polar surface area (TPSA) is 65.1 Å². The summed E-state index contributed by atoms with van der Waals surface area (Å²) in [5, 5.41) is 0. The highest BCUT2D eigenvalue weighted by Crippen LogP contribution is 2.39. The number of esters is 1. The van der Waals surface area contributed by atoms with Crippen molar-refractivity contribution in [1.82, 2.24) is 4.90 Å². The zero-order chi connectivity index (χ0) is 18.7. The molecule has 0 unspecified atom stereocenters. The van der Waals surface area contributed by atoms with E-state index in [-0.39, 0.29) is 11.9 Å². The number of carbonyl (C=O) groups is 2. The summed E-state index contributed by atoms with van der Waals surface area (Å²) in [4.78, 5) is 25.6. The summed E-state index contributed by atoms with van der Waals surface area (Å²) in [6, 6.07) is 14.8. The lowest BCUT2D eigenvalue weighted by atomic mass is 9.90. The van der Waals surface area contributed by atoms with E-state index in [0.717, 1.165) is 11.1 Å². The molecule has 0 saturated carbocycles. The van der Waals surface area contributed by atoms with Crippen LogP contribution in [0.25, 0.3) is 0 Å². The Hall–Kier alpha value is -3.02. The molecule has 0 radical (unpaired) electrons. The molecule has 2 aromatic rings. The standard InChI is InChI=1S/C20H21NO5/c1-13(22)26-19-18(15-7-5-4-6-8-15)21(20(19)23)12-14-9-10-16(24-2)17(11-14)25-3/h4-11,18-19H,12H2,1-3H3/t18-,19+/m0/s1. The Balaban J connectivity index is 1.86. The molecule has 3 rings (SSSR count). The van der Waals surface area contributed by atoms with Gasteiger partial charge in [0.25, 0.3) is 5.91 Å². The summed E-state index contributed by atoms with van der Waals surface area (Å²) in [5.74, 6) is 0.563. The molecule has 1 aliphatic rings. The minimum Gasteiger partial charge on any atom is -0.493 e. The molecule has 1 heterocycles. The van der Waals surface area contributed by atoms with Crippen molar-refractivity contribution in [3.63, 3.8) is 0 Å². The van der Waals surface area contributed by atoms with Crippen molar-refractivity contribution >= 4 is 11.9 Å². The van der Waals surface area contributed by atoms with Crippen LogP contribution in [0.5, 0.6) is 11.5 Å². The fraction of sp³-hybridized carbons (Fsp3) is 0.300. The molecule has 0 N–H and O–H groups in total. The van der Waals surface area contributed by atoms with Crippen LogP contribution in [-0.4, -0.2) is 37.1 Å². The average molecular weight is 355 g/mol. The molecule has 0 aromatic heterocycles. The van der Waals surface area contributed by atoms with Crippen molar-refractivity contribution in [2.75, 3.05) is 14.2 Å². The highest BCUT2D eigenvalue weighted by atomic mass is 16.6. The van der Waals surface area contributed by atoms with Gasteiger partial charge in [-0.3, -0.25) is 9.59 Å². The lowest BCUT2D eigenvalue weighted by Gasteiger charge is -2.46. The fourth-order valence-corrected chi connectivity index (χ4v) is 3.17. The summed E-state index contributed by atoms with van der Waals surface area (Å²) < 4.78 is 15.8. The Morgan fingerprint density at radius 2 is 1.73 bits per heavy atom. The summed E-state index contributed by atoms with van der Waals surface area (Å²) in [6.07, 6.45) is -0.782. The van der Waals surface area contributed by atoms with Crippen molar-refractivity contribution < 1.29 is 23.8 Å². The monoisotopic (exact) mass is 355 g/mol. The van der Waals surface area contributed by atoms with Gasteiger partial charge in [-0.2, -0.15) is 0 Å². The van der Waals surface area contributed by atoms with Crippen LogP contribution in [0.2, 0.25) is 0 Å². The third-order valence-electron chi connectivity index (χ3n) is 4.38. The van der Waals surface area contributed by atoms with Gasteiger partial charge in [0, 0.05) is 13.5 Å². The fourth-order valence-electron chi connectivity index (χ4n) is 3.17. The molecule has 0 bridgehead atoms. The van der Waals surface area contributed by atoms with E-state index in [4.69, 9.17) is 14.2 Å². The average Bonchev–Trinajstić information content (AvgIpc) is 2.66. The van der Waals surface area contributed by atoms with E-state index in [1.54, 1.807) is 25.2 Å². The highest BCUT2D eigenvalue weighted by molar-refractivity contribution is 5.90. The number of hydrogen-bond acceptors (Lipinski definition) is 5. The SMILES string of the molecule is COc1ccc(CN2C(=O)[C@H](OC(C)=O)[C@@H]2c2ccccc2)cc1OC. The van der Waals surface area contributed by atoms with Gasteiger partial charge in [-0.25, -0.2) is 0 Å². The number of β-lactam (4-membered cyclic amide) rings is 1. The molecule has 6 heteroatoms. The number of hydrogen-bond donors (Lipinski definition) is 0. The molecule has 1 amide bonds. The minimum atomic E-state index is -0.782. The Kier molecular flexibility index (Phi) is 5.11. The Morgan fingerprint density at radius 3 is 2.35 bits per heavy atom. The first-order valence-corrected chi connectivity index (χ1v) is 8.28. The Bertz CT molecular complexity index is 805. The van der Waals surface area contributed by atoms with Crippen LogP contribution in [0.15, 0.2) is 48.5 Å². The number of rotatable bonds is 6. The molecule has 1 aliphatic heterocycles. The van der Waals surface area contributed by atoms with Gasteiger partial charge in [0.15, 0.2) is 11.5 Å². The Labute approximate surface area is 152 Å². The molecule has 2 atom stereocenters. The second-order valence-corrected chi connectivity index (χ2v) is 6.04. The minimum absolute atomic E-state index is 0.205. The van der Waals surface area contributed by atoms with E-state index >= 15 is 0 Å². The van der Waals surface area contributed by atoms with Crippen molar-refractivity contribution in [3.05, 3.63) is 59.7 Å². The zero-order valence-corrected chi connectivity index (χ0v) is 15.0. The lowest BCUT2D eigenvalue weighted by molar-refractivity contribution is -0.183. The van der Waals surface area contributed by atoms with Crippen LogP contribution >= 0.6 is 0 Å². The molecule has 0 spiro atoms. The van der Waals surface area contributed by atoms with E-state index in [9.17, 15) is 9.59 Å². The quantitative estimate of drug-likeness (QED) is 0.589. The smallest absolute Gasteiger partial charge is 0.303 e. The molecule has 1 saturated heterocycles. The molecule has 26 heavy (non-hydrogen) atoms. The first kappa shape index (κ1) is 17.8. The van der Waals surface area contributed by atoms with Crippen LogP contribution < -0.4 is 9.47 Å². The van der Waals surface area contributed by atoms with E-state index in [1.165, 1.54) is 6.92 Å². The summed E-state index contributed by atoms with van der Waals surface area (Å²) in [6.45, 7) is 1.70. The van der Waals surface area contributed by atoms with Crippen molar-refractivity contribution in [1.29, 1.82) is 0 Å². The van der Waals surface area contributed by atoms with E-state index in [1.807, 2.05) is 42.5 Å². The maximum Gasteiger partial charge on any atom is 0.303 e. The number of ether oxygens (including phenoxy) is 3. The van der Waals surface area contributed by atoms with Crippen LogP contribution in [0.3, 0.4) is 0 Å². The number of benzene rings is 2. The van der Waals surface area contributed by atoms with Crippen LogP contribution in [0.1, 0.15) is 24.1 Å². The second-order valence-electron chi connectivity index (χ2n) is 6.04. The van der Waals surface area contributed by atoms with Gasteiger partial charge in [-0.05, 0) is 23.3 Å². The van der Waals surface area contributed by atoms with Crippen LogP contribution in [-0.2, 0) is 20.9 Å². The molecule has 0 aliphatic carbocycles. The molecule has 2 aromatic carbocycles. The van der Waals surface area contributed by atoms with Crippen molar-refractivity contribution in [3.8, 4) is 11.5 Å². The first-order valence-electron chi connectivity index (χ1n) is 8.28. The van der Waals surface area contributed by atoms with E-state index in [2.05, 4.69) is 0 Å². The summed E-state index contributed by atoms with van der Waals surface area (Å²) in [7, 11) is 3.14. The van der Waals surface area contributed by atoms with Crippen molar-refractivity contribution in [2.45, 2.75) is 25.6 Å². The number of amides is 1. The predicted octanol–water partition coefficient (Wildman–Crippen LogP) is 2.72. The zero-order valence-electron chi connectivity index (χ0n) is 15.0. The molecule has 136 valence electrons. The lowest BCUT2D eigenvalue weighted by Crippen LogP contribution is -2.59. The van der Waals surface area contributed by atoms with Gasteiger partial charge in [0.05, 0.1) is 14.2 Å². The first-order chi connectivity index (χ1) is 12.5. The summed E-state index contributed by atoms with van der Waals surface area (Å²) >= 11 is 0. The number of likely N-dealkylation sites (tertiary alicyclic amines) is 1. The van der Waals surface area contributed by atoms with Crippen LogP contribution in [0.4, 0.5) is 0 Å². The second kappa shape index (κ2) is 7.47. The molecular weight excluding hydrogens is 334 g/mol. The predicted molar refractivity (Wildman–Crippen MR) is 94.8 cm³/mol. The van der Waals surface area contributed by atoms with Gasteiger partial charge in [0.1, 0.15) is 6.04 Å². The Morgan fingerprint density at radius 1 is 1.04 bits per heavy atom. The molecular formula is C20H21NO5. The summed E-state index contributed by atoms with van der Waals surface area (Å²) in [5.41, 5.74) is 1.83. The van der Waals surface area contributed by atoms with Crippen molar-refractivity contribution in [2.24, 2.45) is 0 Å². The number of methoxy groups -OCH3 is 2. The van der Waals surface area contributed by atoms with Gasteiger partial charge >= 0.3 is 5.97 Å². The maximum atomic E-state index is 12.6. The highest BCUT2D eigenvalue weighted by Gasteiger charge is 2.50. The van der Waals surface area contributed by atoms with Crippen LogP contribution in [0, 0.1) is 0 Å². The van der Waals surface area contributed by atoms with Gasteiger partial charge < -0.3 is 19.1 Å². The largest absolute Gasteiger partial charge is 0.493 e. The van der Waals surface area contributed by atoms with E-state index in [0.29, 0.717) is 18.0 Å². The van der Waals surface area contributed by atoms with Gasteiger partial charge in [-0.1, -0.05) is 36.4 Å². The number of carbonyl (C=O) groups excluding carboxylic acids is 2. The molecule has 6 nitrogen and oxygen atoms in total. The van der Waals surface area contributed by atoms with Gasteiger partial charge in [-0.15, -0.1) is 0 Å². The third-order valence-corrected chi connectivity index (χ3v) is 4.38. The third kappa shape index (κ3) is 3.35. The maximum absolute atomic E-state index is 12.6. The normalized spacial score (nSPS) is 18.9. The number of nitrogens with zero attached hydrogens (tertiary/aromatic N) is 1. The van der Waals surface area contributed by atoms with E-state index < -0.39 is 12.1 Å². The molecule has 1 fully saturated rings. The van der Waals surface area contributed by atoms with Gasteiger partial charge in [0.2, 0.25) is 6.10 Å².